The number of hydrogen-bond acceptors (Lipinski definition) is 5. The Bertz CT molecular complexity index is 1250. The molecule has 0 fully saturated rings. The number of nitrogens with one attached hydrogen (secondary N) is 2. The summed E-state index contributed by atoms with van der Waals surface area (Å²) < 4.78 is 6.60. The number of carbonyl (C=O) groups is 1. The van der Waals surface area contributed by atoms with E-state index in [-0.39, 0.29) is 11.4 Å². The van der Waals surface area contributed by atoms with E-state index in [0.717, 1.165) is 22.2 Å². The molecule has 0 radical (unpaired) electrons. The third-order valence-corrected chi connectivity index (χ3v) is 5.33. The van der Waals surface area contributed by atoms with E-state index in [4.69, 9.17) is 4.74 Å². The maximum absolute atomic E-state index is 12.3. The molecule has 0 saturated heterocycles. The molecule has 0 bridgehead atoms. The van der Waals surface area contributed by atoms with Crippen LogP contribution in [0.3, 0.4) is 0 Å². The first-order valence-corrected chi connectivity index (χ1v) is 11.0. The lowest BCUT2D eigenvalue weighted by Gasteiger charge is -2.06. The minimum Gasteiger partial charge on any atom is -0.507 e. The number of halogens is 1. The molecule has 3 N–H and O–H groups in total. The summed E-state index contributed by atoms with van der Waals surface area (Å²) in [5.41, 5.74) is 5.87. The Morgan fingerprint density at radius 3 is 2.67 bits per heavy atom. The number of ether oxygens (including phenoxy) is 1. The zero-order valence-electron chi connectivity index (χ0n) is 17.5. The Balaban J connectivity index is 1.32. The van der Waals surface area contributed by atoms with Gasteiger partial charge in [-0.15, -0.1) is 0 Å². The molecule has 1 aromatic heterocycles. The molecule has 0 atom stereocenters. The molecule has 1 heterocycles. The molecule has 0 saturated carbocycles. The van der Waals surface area contributed by atoms with E-state index in [1.807, 2.05) is 42.5 Å². The third-order valence-electron chi connectivity index (χ3n) is 4.83. The minimum atomic E-state index is -0.444. The van der Waals surface area contributed by atoms with Gasteiger partial charge in [0.2, 0.25) is 0 Å². The number of aromatic nitrogens is 2. The van der Waals surface area contributed by atoms with Gasteiger partial charge in [-0.1, -0.05) is 46.3 Å². The number of phenolic OH excluding ortho intramolecular Hbond substituents is 1. The Morgan fingerprint density at radius 1 is 1.09 bits per heavy atom. The van der Waals surface area contributed by atoms with Crippen molar-refractivity contribution in [2.45, 2.75) is 6.42 Å². The van der Waals surface area contributed by atoms with Gasteiger partial charge in [0.1, 0.15) is 17.2 Å². The predicted molar refractivity (Wildman–Crippen MR) is 131 cm³/mol. The minimum absolute atomic E-state index is 0.0625. The molecular weight excluding hydrogens is 484 g/mol. The zero-order valence-corrected chi connectivity index (χ0v) is 19.1. The fourth-order valence-corrected chi connectivity index (χ4v) is 3.47. The smallest absolute Gasteiger partial charge is 0.289 e. The van der Waals surface area contributed by atoms with Crippen LogP contribution in [-0.4, -0.2) is 34.0 Å². The fourth-order valence-electron chi connectivity index (χ4n) is 3.09. The van der Waals surface area contributed by atoms with Crippen molar-refractivity contribution in [2.24, 2.45) is 5.10 Å². The van der Waals surface area contributed by atoms with Gasteiger partial charge in [0.05, 0.1) is 18.5 Å². The Kier molecular flexibility index (Phi) is 7.16. The number of aromatic amines is 1. The van der Waals surface area contributed by atoms with E-state index in [2.05, 4.69) is 48.8 Å². The summed E-state index contributed by atoms with van der Waals surface area (Å²) in [6.07, 6.45) is 2.20. The van der Waals surface area contributed by atoms with Gasteiger partial charge in [-0.3, -0.25) is 9.89 Å². The standard InChI is InChI=1S/C25H21BrN4O3/c26-20-8-11-24(31)19(14-20)16-27-30-25(32)23-15-22(28-29-23)18-6-9-21(10-7-18)33-13-12-17-4-2-1-3-5-17/h1-11,14-16,31H,12-13H2,(H,28,29)(H,30,32)/b27-16-. The molecule has 3 aromatic carbocycles. The highest BCUT2D eigenvalue weighted by atomic mass is 79.9. The number of H-pyrrole nitrogens is 1. The van der Waals surface area contributed by atoms with Crippen LogP contribution in [0.2, 0.25) is 0 Å². The Hall–Kier alpha value is -3.91. The lowest BCUT2D eigenvalue weighted by atomic mass is 10.1. The maximum atomic E-state index is 12.3. The number of phenols is 1. The maximum Gasteiger partial charge on any atom is 0.289 e. The fraction of sp³-hybridized carbons (Fsp3) is 0.0800. The van der Waals surface area contributed by atoms with E-state index in [1.165, 1.54) is 17.8 Å². The van der Waals surface area contributed by atoms with Crippen molar-refractivity contribution in [1.29, 1.82) is 0 Å². The molecule has 7 nitrogen and oxygen atoms in total. The Morgan fingerprint density at radius 2 is 1.88 bits per heavy atom. The van der Waals surface area contributed by atoms with Crippen molar-refractivity contribution in [3.8, 4) is 22.8 Å². The average molecular weight is 505 g/mol. The first-order valence-electron chi connectivity index (χ1n) is 10.2. The topological polar surface area (TPSA) is 99.6 Å². The number of hydrogen-bond donors (Lipinski definition) is 3. The molecule has 0 aliphatic carbocycles. The van der Waals surface area contributed by atoms with Gasteiger partial charge in [-0.05, 0) is 54.1 Å². The second kappa shape index (κ2) is 10.6. The zero-order chi connectivity index (χ0) is 23.0. The van der Waals surface area contributed by atoms with Gasteiger partial charge in [0, 0.05) is 22.0 Å². The second-order valence-electron chi connectivity index (χ2n) is 7.18. The summed E-state index contributed by atoms with van der Waals surface area (Å²) in [6.45, 7) is 0.592. The molecule has 1 amide bonds. The van der Waals surface area contributed by atoms with Crippen molar-refractivity contribution in [3.63, 3.8) is 0 Å². The number of amides is 1. The van der Waals surface area contributed by atoms with Crippen LogP contribution in [0.4, 0.5) is 0 Å². The quantitative estimate of drug-likeness (QED) is 0.234. The number of aromatic hydroxyl groups is 1. The van der Waals surface area contributed by atoms with E-state index in [0.29, 0.717) is 17.9 Å². The average Bonchev–Trinajstić information content (AvgIpc) is 3.33. The highest BCUT2D eigenvalue weighted by Crippen LogP contribution is 2.22. The van der Waals surface area contributed by atoms with E-state index in [9.17, 15) is 9.90 Å². The molecular formula is C25H21BrN4O3. The molecule has 0 unspecified atom stereocenters. The van der Waals surface area contributed by atoms with Crippen LogP contribution < -0.4 is 10.2 Å². The van der Waals surface area contributed by atoms with E-state index < -0.39 is 5.91 Å². The molecule has 0 aliphatic heterocycles. The first-order chi connectivity index (χ1) is 16.1. The molecule has 166 valence electrons. The van der Waals surface area contributed by atoms with Crippen LogP contribution in [0.1, 0.15) is 21.6 Å². The van der Waals surface area contributed by atoms with Gasteiger partial charge in [-0.2, -0.15) is 10.2 Å². The summed E-state index contributed by atoms with van der Waals surface area (Å²) in [5.74, 6) is 0.390. The van der Waals surface area contributed by atoms with Crippen LogP contribution in [0, 0.1) is 0 Å². The highest BCUT2D eigenvalue weighted by molar-refractivity contribution is 9.10. The molecule has 4 aromatic rings. The van der Waals surface area contributed by atoms with Gasteiger partial charge >= 0.3 is 0 Å². The number of nitrogens with zero attached hydrogens (tertiary/aromatic N) is 2. The van der Waals surface area contributed by atoms with Gasteiger partial charge in [-0.25, -0.2) is 5.43 Å². The van der Waals surface area contributed by atoms with Crippen LogP contribution in [0.5, 0.6) is 11.5 Å². The normalized spacial score (nSPS) is 10.9. The van der Waals surface area contributed by atoms with E-state index in [1.54, 1.807) is 18.2 Å². The van der Waals surface area contributed by atoms with Crippen molar-refractivity contribution in [1.82, 2.24) is 15.6 Å². The molecule has 0 aliphatic rings. The van der Waals surface area contributed by atoms with Crippen molar-refractivity contribution in [2.75, 3.05) is 6.61 Å². The highest BCUT2D eigenvalue weighted by Gasteiger charge is 2.11. The summed E-state index contributed by atoms with van der Waals surface area (Å²) >= 11 is 3.32. The molecule has 0 spiro atoms. The summed E-state index contributed by atoms with van der Waals surface area (Å²) in [7, 11) is 0. The van der Waals surface area contributed by atoms with Crippen LogP contribution >= 0.6 is 15.9 Å². The monoisotopic (exact) mass is 504 g/mol. The summed E-state index contributed by atoms with van der Waals surface area (Å²) in [4.78, 5) is 12.3. The van der Waals surface area contributed by atoms with Crippen molar-refractivity contribution >= 4 is 28.1 Å². The molecule has 4 rings (SSSR count). The van der Waals surface area contributed by atoms with Gasteiger partial charge < -0.3 is 9.84 Å². The van der Waals surface area contributed by atoms with E-state index >= 15 is 0 Å². The lowest BCUT2D eigenvalue weighted by molar-refractivity contribution is 0.0950. The summed E-state index contributed by atoms with van der Waals surface area (Å²) in [5, 5.41) is 20.6. The SMILES string of the molecule is O=C(N/N=C\c1cc(Br)ccc1O)c1cc(-c2ccc(OCCc3ccccc3)cc2)n[nH]1. The largest absolute Gasteiger partial charge is 0.507 e. The predicted octanol–water partition coefficient (Wildman–Crippen LogP) is 4.93. The number of benzene rings is 3. The number of carbonyl (C=O) groups excluding carboxylic acids is 1. The lowest BCUT2D eigenvalue weighted by Crippen LogP contribution is -2.18. The molecule has 33 heavy (non-hydrogen) atoms. The first kappa shape index (κ1) is 22.3. The van der Waals surface area contributed by atoms with Crippen LogP contribution in [0.25, 0.3) is 11.3 Å². The van der Waals surface area contributed by atoms with Gasteiger partial charge in [0.15, 0.2) is 0 Å². The van der Waals surface area contributed by atoms with Crippen molar-refractivity contribution in [3.05, 3.63) is 100 Å². The Labute approximate surface area is 199 Å². The summed E-state index contributed by atoms with van der Waals surface area (Å²) in [6, 6.07) is 24.3. The van der Waals surface area contributed by atoms with Gasteiger partial charge in [0.25, 0.3) is 5.91 Å². The van der Waals surface area contributed by atoms with Crippen molar-refractivity contribution < 1.29 is 14.6 Å². The second-order valence-corrected chi connectivity index (χ2v) is 8.09. The van der Waals surface area contributed by atoms with Crippen LogP contribution in [-0.2, 0) is 6.42 Å². The molecule has 8 heteroatoms. The third kappa shape index (κ3) is 6.08. The number of hydrazone groups is 1. The number of rotatable bonds is 8. The van der Waals surface area contributed by atoms with Crippen LogP contribution in [0.15, 0.2) is 88.4 Å².